The van der Waals surface area contributed by atoms with Gasteiger partial charge >= 0.3 is 7.52 Å². The summed E-state index contributed by atoms with van der Waals surface area (Å²) in [6.07, 6.45) is -2.25. The Bertz CT molecular complexity index is 1350. The molecule has 0 aliphatic carbocycles. The van der Waals surface area contributed by atoms with Gasteiger partial charge in [0.05, 0.1) is 12.4 Å². The third-order valence-electron chi connectivity index (χ3n) is 6.86. The average Bonchev–Trinajstić information content (AvgIpc) is 3.45. The maximum Gasteiger partial charge on any atom is 0.325 e. The third kappa shape index (κ3) is 3.85. The molecule has 36 heavy (non-hydrogen) atoms. The Kier molecular flexibility index (Phi) is 6.22. The van der Waals surface area contributed by atoms with Gasteiger partial charge in [0, 0.05) is 12.8 Å². The van der Waals surface area contributed by atoms with Gasteiger partial charge in [0.1, 0.15) is 41.4 Å². The predicted octanol–water partition coefficient (Wildman–Crippen LogP) is 2.25. The number of nitrogen functional groups attached to an aromatic ring is 1. The van der Waals surface area contributed by atoms with Crippen molar-refractivity contribution < 1.29 is 28.8 Å². The summed E-state index contributed by atoms with van der Waals surface area (Å²) >= 11 is 0. The number of methoxy groups -OCH3 is 1. The summed E-state index contributed by atoms with van der Waals surface area (Å²) < 4.78 is 37.9. The Morgan fingerprint density at radius 3 is 2.67 bits per heavy atom. The Balaban J connectivity index is 1.45. The molecule has 0 radical (unpaired) electrons. The Morgan fingerprint density at radius 2 is 1.97 bits per heavy atom. The number of fused-ring (bicyclic) bond motifs is 1. The number of rotatable bonds is 6. The summed E-state index contributed by atoms with van der Waals surface area (Å²) in [6, 6.07) is 9.27. The van der Waals surface area contributed by atoms with E-state index in [2.05, 4.69) is 19.7 Å². The van der Waals surface area contributed by atoms with Crippen LogP contribution in [0, 0.1) is 0 Å². The monoisotopic (exact) mass is 516 g/mol. The lowest BCUT2D eigenvalue weighted by Crippen LogP contribution is -2.46. The first-order chi connectivity index (χ1) is 17.1. The molecule has 0 saturated carbocycles. The van der Waals surface area contributed by atoms with Crippen molar-refractivity contribution in [2.24, 2.45) is 4.76 Å². The van der Waals surface area contributed by atoms with Crippen molar-refractivity contribution in [3.8, 4) is 0 Å². The fraction of sp³-hybridized carbons (Fsp3) is 0.478. The number of imidazole rings is 1. The Morgan fingerprint density at radius 1 is 1.25 bits per heavy atom. The average molecular weight is 516 g/mol. The minimum Gasteiger partial charge on any atom is -0.387 e. The highest BCUT2D eigenvalue weighted by atomic mass is 31.2. The van der Waals surface area contributed by atoms with E-state index in [0.29, 0.717) is 16.9 Å². The van der Waals surface area contributed by atoms with E-state index in [-0.39, 0.29) is 5.82 Å². The van der Waals surface area contributed by atoms with Crippen molar-refractivity contribution in [3.63, 3.8) is 0 Å². The maximum atomic E-state index is 14.1. The molecular weight excluding hydrogens is 487 g/mol. The molecule has 1 aromatic carbocycles. The normalized spacial score (nSPS) is 35.3. The van der Waals surface area contributed by atoms with E-state index < -0.39 is 49.4 Å². The van der Waals surface area contributed by atoms with E-state index in [1.165, 1.54) is 31.3 Å². The van der Waals surface area contributed by atoms with Crippen LogP contribution in [-0.2, 0) is 18.6 Å². The summed E-state index contributed by atoms with van der Waals surface area (Å²) in [6.45, 7) is 4.82. The second-order valence-corrected chi connectivity index (χ2v) is 11.4. The lowest BCUT2D eigenvalue weighted by molar-refractivity contribution is -0.0973. The second kappa shape index (κ2) is 8.98. The predicted molar refractivity (Wildman–Crippen MR) is 132 cm³/mol. The van der Waals surface area contributed by atoms with Crippen molar-refractivity contribution in [1.82, 2.24) is 19.5 Å². The molecule has 2 aliphatic rings. The van der Waals surface area contributed by atoms with Gasteiger partial charge in [0.15, 0.2) is 17.7 Å². The topological polar surface area (TPSA) is 167 Å². The van der Waals surface area contributed by atoms with Crippen LogP contribution in [0.5, 0.6) is 0 Å². The molecule has 2 aliphatic heterocycles. The molecule has 8 atom stereocenters. The largest absolute Gasteiger partial charge is 0.387 e. The van der Waals surface area contributed by atoms with Gasteiger partial charge in [0.25, 0.3) is 0 Å². The first-order valence-electron chi connectivity index (χ1n) is 11.5. The van der Waals surface area contributed by atoms with E-state index >= 15 is 0 Å². The lowest BCUT2D eigenvalue weighted by atomic mass is 9.94. The fourth-order valence-electron chi connectivity index (χ4n) is 5.03. The van der Waals surface area contributed by atoms with Gasteiger partial charge in [0.2, 0.25) is 0 Å². The molecule has 13 heteroatoms. The molecule has 8 unspecified atom stereocenters. The van der Waals surface area contributed by atoms with Crippen molar-refractivity contribution >= 4 is 30.2 Å². The zero-order valence-electron chi connectivity index (χ0n) is 20.3. The van der Waals surface area contributed by atoms with Crippen molar-refractivity contribution in [2.45, 2.75) is 62.7 Å². The van der Waals surface area contributed by atoms with E-state index in [1.807, 2.05) is 30.3 Å². The SMILES string of the molecule is COC1C(C)=NP(=O)(OC(C)C2OC(n3cnc4c(N)ncnc43)C(C)(O)C2O)C1c1ccccc1. The summed E-state index contributed by atoms with van der Waals surface area (Å²) in [5.74, 6) is 0.178. The van der Waals surface area contributed by atoms with Crippen LogP contribution in [0.15, 0.2) is 47.7 Å². The number of aliphatic hydroxyl groups excluding tert-OH is 1. The molecule has 3 aromatic rings. The van der Waals surface area contributed by atoms with Gasteiger partial charge in [-0.15, -0.1) is 0 Å². The molecule has 0 bridgehead atoms. The van der Waals surface area contributed by atoms with Crippen LogP contribution in [-0.4, -0.2) is 72.6 Å². The van der Waals surface area contributed by atoms with Gasteiger partial charge in [-0.2, -0.15) is 0 Å². The molecule has 192 valence electrons. The quantitative estimate of drug-likeness (QED) is 0.413. The summed E-state index contributed by atoms with van der Waals surface area (Å²) in [5, 5.41) is 22.3. The molecule has 5 rings (SSSR count). The molecule has 4 heterocycles. The minimum atomic E-state index is -3.70. The Hall–Kier alpha value is -2.73. The molecule has 12 nitrogen and oxygen atoms in total. The van der Waals surface area contributed by atoms with Crippen LogP contribution in [0.4, 0.5) is 5.82 Å². The molecule has 2 aromatic heterocycles. The zero-order valence-corrected chi connectivity index (χ0v) is 21.2. The van der Waals surface area contributed by atoms with E-state index in [4.69, 9.17) is 19.7 Å². The highest BCUT2D eigenvalue weighted by molar-refractivity contribution is 7.58. The van der Waals surface area contributed by atoms with Crippen molar-refractivity contribution in [3.05, 3.63) is 48.5 Å². The number of hydrogen-bond acceptors (Lipinski definition) is 10. The van der Waals surface area contributed by atoms with Crippen LogP contribution in [0.1, 0.15) is 38.2 Å². The first kappa shape index (κ1) is 24.9. The molecule has 4 N–H and O–H groups in total. The molecule has 0 spiro atoms. The van der Waals surface area contributed by atoms with E-state index in [9.17, 15) is 14.8 Å². The third-order valence-corrected chi connectivity index (χ3v) is 9.36. The Labute approximate surface area is 207 Å². The van der Waals surface area contributed by atoms with Crippen LogP contribution >= 0.6 is 7.52 Å². The smallest absolute Gasteiger partial charge is 0.325 e. The first-order valence-corrected chi connectivity index (χ1v) is 13.1. The maximum absolute atomic E-state index is 14.1. The summed E-state index contributed by atoms with van der Waals surface area (Å²) in [4.78, 5) is 12.3. The van der Waals surface area contributed by atoms with Gasteiger partial charge < -0.3 is 29.9 Å². The summed E-state index contributed by atoms with van der Waals surface area (Å²) in [5.41, 5.74) is 5.48. The minimum absolute atomic E-state index is 0.178. The van der Waals surface area contributed by atoms with Gasteiger partial charge in [-0.1, -0.05) is 30.3 Å². The van der Waals surface area contributed by atoms with Crippen LogP contribution < -0.4 is 5.73 Å². The standard InChI is InChI=1S/C23H29N6O6P/c1-12-16(33-4)18(14-8-6-5-7-9-14)36(32,28-12)35-13(2)17-19(30)23(3,31)22(34-17)29-11-27-15-20(24)25-10-26-21(15)29/h5-11,13,16-19,22,30-31H,1-4H3,(H2,24,25,26). The van der Waals surface area contributed by atoms with Crippen molar-refractivity contribution in [2.75, 3.05) is 12.8 Å². The molecule has 0 amide bonds. The molecule has 1 saturated heterocycles. The number of anilines is 1. The van der Waals surface area contributed by atoms with Gasteiger partial charge in [-0.05, 0) is 26.3 Å². The highest BCUT2D eigenvalue weighted by Crippen LogP contribution is 2.68. The lowest BCUT2D eigenvalue weighted by Gasteiger charge is -2.29. The van der Waals surface area contributed by atoms with Crippen LogP contribution in [0.3, 0.4) is 0 Å². The summed E-state index contributed by atoms with van der Waals surface area (Å²) in [7, 11) is -2.16. The van der Waals surface area contributed by atoms with Gasteiger partial charge in [-0.3, -0.25) is 9.13 Å². The van der Waals surface area contributed by atoms with Gasteiger partial charge in [-0.25, -0.2) is 19.7 Å². The second-order valence-electron chi connectivity index (χ2n) is 9.33. The van der Waals surface area contributed by atoms with E-state index in [0.717, 1.165) is 5.56 Å². The van der Waals surface area contributed by atoms with Crippen LogP contribution in [0.25, 0.3) is 11.2 Å². The number of nitrogens with zero attached hydrogens (tertiary/aromatic N) is 5. The highest BCUT2D eigenvalue weighted by Gasteiger charge is 2.57. The number of hydrogen-bond donors (Lipinski definition) is 3. The molecule has 1 fully saturated rings. The fourth-order valence-corrected chi connectivity index (χ4v) is 7.72. The van der Waals surface area contributed by atoms with E-state index in [1.54, 1.807) is 13.8 Å². The zero-order chi connectivity index (χ0) is 25.8. The number of nitrogens with two attached hydrogens (primary N) is 1. The van der Waals surface area contributed by atoms with Crippen LogP contribution in [0.2, 0.25) is 0 Å². The number of aromatic nitrogens is 4. The number of ether oxygens (including phenoxy) is 2. The van der Waals surface area contributed by atoms with Crippen molar-refractivity contribution in [1.29, 1.82) is 0 Å². The number of aliphatic hydroxyl groups is 2. The number of benzene rings is 1. The molecular formula is C23H29N6O6P.